The zero-order valence-corrected chi connectivity index (χ0v) is 25.3. The monoisotopic (exact) mass is 584 g/mol. The van der Waals surface area contributed by atoms with Crippen molar-refractivity contribution in [2.75, 3.05) is 0 Å². The average molecular weight is 585 g/mol. The maximum absolute atomic E-state index is 12.6. The van der Waals surface area contributed by atoms with E-state index in [0.717, 1.165) is 6.42 Å². The normalized spacial score (nSPS) is 11.2. The lowest BCUT2D eigenvalue weighted by Crippen LogP contribution is -2.39. The SMILES string of the molecule is CC(=O)CCCCn1c(=O)c2c(ncn2C)n(C)c1=O.CCCn1cnc2c1c(=O)n(CCCCC(C)=O)c(=O)n2C. The van der Waals surface area contributed by atoms with E-state index in [2.05, 4.69) is 9.97 Å². The average Bonchev–Trinajstić information content (AvgIpc) is 3.54. The smallest absolute Gasteiger partial charge is 0.328 e. The van der Waals surface area contributed by atoms with E-state index >= 15 is 0 Å². The fourth-order valence-electron chi connectivity index (χ4n) is 4.81. The van der Waals surface area contributed by atoms with Gasteiger partial charge in [-0.1, -0.05) is 6.92 Å². The highest BCUT2D eigenvalue weighted by Gasteiger charge is 2.16. The van der Waals surface area contributed by atoms with Gasteiger partial charge in [0.15, 0.2) is 22.3 Å². The Morgan fingerprint density at radius 3 is 1.60 bits per heavy atom. The Bertz CT molecular complexity index is 1830. The van der Waals surface area contributed by atoms with Crippen LogP contribution in [0.5, 0.6) is 0 Å². The maximum atomic E-state index is 12.6. The molecule has 0 aliphatic heterocycles. The number of nitrogens with zero attached hydrogens (tertiary/aromatic N) is 8. The molecule has 0 saturated heterocycles. The van der Waals surface area contributed by atoms with Crippen LogP contribution in [0.2, 0.25) is 0 Å². The van der Waals surface area contributed by atoms with Crippen LogP contribution >= 0.6 is 0 Å². The number of Topliss-reactive ketones (excluding diaryl/α,β-unsaturated/α-hetero) is 2. The molecule has 0 unspecified atom stereocenters. The number of unbranched alkanes of at least 4 members (excludes halogenated alkanes) is 2. The highest BCUT2D eigenvalue weighted by Crippen LogP contribution is 2.07. The lowest BCUT2D eigenvalue weighted by atomic mass is 10.2. The van der Waals surface area contributed by atoms with Gasteiger partial charge in [0.05, 0.1) is 12.7 Å². The molecule has 0 aliphatic carbocycles. The number of aromatic nitrogens is 8. The standard InChI is InChI=1S/C15H22N4O3.C13H18N4O3/c1-4-8-18-10-16-13-12(18)14(21)19(15(22)17(13)3)9-6-5-7-11(2)20;1-9(18)6-4-5-7-17-12(19)10-11(14-8-15(10)2)16(3)13(17)20/h10H,4-9H2,1-3H3;8H,4-7H2,1-3H3. The molecule has 4 aromatic rings. The second-order valence-electron chi connectivity index (χ2n) is 10.6. The molecule has 4 rings (SSSR count). The molecule has 0 aromatic carbocycles. The first kappa shape index (κ1) is 32.2. The van der Waals surface area contributed by atoms with E-state index < -0.39 is 0 Å². The molecular weight excluding hydrogens is 544 g/mol. The van der Waals surface area contributed by atoms with E-state index in [4.69, 9.17) is 0 Å². The molecule has 0 atom stereocenters. The second kappa shape index (κ2) is 14.0. The van der Waals surface area contributed by atoms with Crippen molar-refractivity contribution in [3.05, 3.63) is 54.3 Å². The largest absolute Gasteiger partial charge is 0.332 e. The van der Waals surface area contributed by atoms with Gasteiger partial charge in [0.1, 0.15) is 11.6 Å². The van der Waals surface area contributed by atoms with Gasteiger partial charge in [-0.3, -0.25) is 27.9 Å². The molecule has 0 aliphatic rings. The van der Waals surface area contributed by atoms with Gasteiger partial charge in [-0.05, 0) is 46.0 Å². The summed E-state index contributed by atoms with van der Waals surface area (Å²) in [4.78, 5) is 79.5. The van der Waals surface area contributed by atoms with Crippen LogP contribution < -0.4 is 22.5 Å². The Balaban J connectivity index is 0.000000231. The topological polar surface area (TPSA) is 158 Å². The van der Waals surface area contributed by atoms with Crippen LogP contribution in [0, 0.1) is 0 Å². The number of imidazole rings is 2. The van der Waals surface area contributed by atoms with Gasteiger partial charge in [-0.15, -0.1) is 0 Å². The molecule has 14 heteroatoms. The van der Waals surface area contributed by atoms with E-state index in [9.17, 15) is 28.8 Å². The summed E-state index contributed by atoms with van der Waals surface area (Å²) in [6, 6.07) is 0. The molecule has 4 heterocycles. The number of carbonyl (C=O) groups excluding carboxylic acids is 2. The summed E-state index contributed by atoms with van der Waals surface area (Å²) in [5, 5.41) is 0. The molecule has 0 spiro atoms. The van der Waals surface area contributed by atoms with Gasteiger partial charge in [0, 0.05) is 53.6 Å². The van der Waals surface area contributed by atoms with Crippen molar-refractivity contribution in [2.24, 2.45) is 21.1 Å². The van der Waals surface area contributed by atoms with Crippen LogP contribution in [-0.2, 0) is 50.4 Å². The Morgan fingerprint density at radius 2 is 1.12 bits per heavy atom. The molecule has 0 radical (unpaired) electrons. The summed E-state index contributed by atoms with van der Waals surface area (Å²) >= 11 is 0. The van der Waals surface area contributed by atoms with Crippen molar-refractivity contribution >= 4 is 33.9 Å². The lowest BCUT2D eigenvalue weighted by molar-refractivity contribution is -0.118. The number of hydrogen-bond donors (Lipinski definition) is 0. The molecule has 0 N–H and O–H groups in total. The van der Waals surface area contributed by atoms with Gasteiger partial charge < -0.3 is 18.7 Å². The third kappa shape index (κ3) is 6.92. The van der Waals surface area contributed by atoms with E-state index in [1.54, 1.807) is 43.5 Å². The Morgan fingerprint density at radius 1 is 0.667 bits per heavy atom. The van der Waals surface area contributed by atoms with Crippen LogP contribution in [0.1, 0.15) is 65.7 Å². The summed E-state index contributed by atoms with van der Waals surface area (Å²) < 4.78 is 8.66. The van der Waals surface area contributed by atoms with Gasteiger partial charge >= 0.3 is 11.4 Å². The van der Waals surface area contributed by atoms with E-state index in [1.807, 2.05) is 6.92 Å². The number of aryl methyl sites for hydroxylation is 4. The third-order valence-electron chi connectivity index (χ3n) is 7.09. The van der Waals surface area contributed by atoms with Crippen molar-refractivity contribution in [3.63, 3.8) is 0 Å². The third-order valence-corrected chi connectivity index (χ3v) is 7.09. The number of ketones is 2. The molecule has 0 bridgehead atoms. The zero-order valence-electron chi connectivity index (χ0n) is 25.3. The summed E-state index contributed by atoms with van der Waals surface area (Å²) in [5.41, 5.74) is 0.337. The first-order chi connectivity index (χ1) is 19.9. The van der Waals surface area contributed by atoms with Gasteiger partial charge in [-0.2, -0.15) is 0 Å². The summed E-state index contributed by atoms with van der Waals surface area (Å²) in [6.45, 7) is 6.43. The van der Waals surface area contributed by atoms with Gasteiger partial charge in [-0.25, -0.2) is 19.6 Å². The van der Waals surface area contributed by atoms with Crippen molar-refractivity contribution < 1.29 is 9.59 Å². The van der Waals surface area contributed by atoms with Gasteiger partial charge in [0.25, 0.3) is 11.1 Å². The van der Waals surface area contributed by atoms with E-state index in [-0.39, 0.29) is 34.1 Å². The number of rotatable bonds is 12. The lowest BCUT2D eigenvalue weighted by Gasteiger charge is -2.09. The van der Waals surface area contributed by atoms with Crippen molar-refractivity contribution in [2.45, 2.75) is 85.4 Å². The number of hydrogen-bond acceptors (Lipinski definition) is 8. The first-order valence-corrected chi connectivity index (χ1v) is 14.1. The van der Waals surface area contributed by atoms with E-state index in [0.29, 0.717) is 80.5 Å². The van der Waals surface area contributed by atoms with Crippen molar-refractivity contribution in [1.29, 1.82) is 0 Å². The zero-order chi connectivity index (χ0) is 31.1. The number of fused-ring (bicyclic) bond motifs is 2. The molecule has 14 nitrogen and oxygen atoms in total. The quantitative estimate of drug-likeness (QED) is 0.225. The molecule has 228 valence electrons. The molecular formula is C28H40N8O6. The van der Waals surface area contributed by atoms with Gasteiger partial charge in [0.2, 0.25) is 0 Å². The van der Waals surface area contributed by atoms with Crippen LogP contribution in [0.3, 0.4) is 0 Å². The minimum absolute atomic E-state index is 0.118. The highest BCUT2D eigenvalue weighted by atomic mass is 16.2. The molecule has 42 heavy (non-hydrogen) atoms. The molecule has 4 aromatic heterocycles. The first-order valence-electron chi connectivity index (χ1n) is 14.1. The maximum Gasteiger partial charge on any atom is 0.332 e. The predicted octanol–water partition coefficient (Wildman–Crippen LogP) is 1.26. The Kier molecular flexibility index (Phi) is 10.7. The highest BCUT2D eigenvalue weighted by molar-refractivity contribution is 5.75. The second-order valence-corrected chi connectivity index (χ2v) is 10.6. The van der Waals surface area contributed by atoms with Crippen molar-refractivity contribution in [1.82, 2.24) is 37.4 Å². The Hall–Kier alpha value is -4.36. The number of carbonyl (C=O) groups is 2. The van der Waals surface area contributed by atoms with Crippen LogP contribution in [0.15, 0.2) is 31.8 Å². The molecule has 0 amide bonds. The van der Waals surface area contributed by atoms with Crippen LogP contribution in [-0.4, -0.2) is 48.9 Å². The summed E-state index contributed by atoms with van der Waals surface area (Å²) in [6.07, 6.45) is 7.56. The van der Waals surface area contributed by atoms with Crippen LogP contribution in [0.4, 0.5) is 0 Å². The van der Waals surface area contributed by atoms with Crippen LogP contribution in [0.25, 0.3) is 22.3 Å². The molecule has 0 saturated carbocycles. The fourth-order valence-corrected chi connectivity index (χ4v) is 4.81. The predicted molar refractivity (Wildman–Crippen MR) is 159 cm³/mol. The summed E-state index contributed by atoms with van der Waals surface area (Å²) in [7, 11) is 4.95. The fraction of sp³-hybridized carbons (Fsp3) is 0.571. The minimum Gasteiger partial charge on any atom is -0.328 e. The molecule has 0 fully saturated rings. The van der Waals surface area contributed by atoms with Crippen molar-refractivity contribution in [3.8, 4) is 0 Å². The summed E-state index contributed by atoms with van der Waals surface area (Å²) in [5.74, 6) is 0.240. The Labute approximate surface area is 241 Å². The minimum atomic E-state index is -0.371. The van der Waals surface area contributed by atoms with E-state index in [1.165, 1.54) is 31.5 Å².